The molecule has 1 atom stereocenters. The maximum absolute atomic E-state index is 15.4. The summed E-state index contributed by atoms with van der Waals surface area (Å²) in [6.45, 7) is 0.978. The van der Waals surface area contributed by atoms with Crippen molar-refractivity contribution >= 4 is 10.3 Å². The number of aromatic nitrogens is 1. The van der Waals surface area contributed by atoms with E-state index in [2.05, 4.69) is 9.17 Å². The smallest absolute Gasteiger partial charge is 0.374 e. The Hall–Kier alpha value is -2.19. The average Bonchev–Trinajstić information content (AvgIpc) is 2.66. The van der Waals surface area contributed by atoms with Gasteiger partial charge in [-0.05, 0) is 44.2 Å². The second-order valence-electron chi connectivity index (χ2n) is 7.13. The normalized spacial score (nSPS) is 15.0. The molecule has 2 rings (SSSR count). The molecule has 0 aliphatic carbocycles. The van der Waals surface area contributed by atoms with Gasteiger partial charge in [-0.1, -0.05) is 0 Å². The number of halogens is 5. The van der Waals surface area contributed by atoms with Crippen molar-refractivity contribution in [1.29, 1.82) is 0 Å². The fourth-order valence-corrected chi connectivity index (χ4v) is 3.59. The second-order valence-corrected chi connectivity index (χ2v) is 8.58. The molecule has 1 aromatic heterocycles. The van der Waals surface area contributed by atoms with Gasteiger partial charge < -0.3 is 10.8 Å². The molecule has 0 saturated heterocycles. The molecule has 1 aromatic carbocycles. The minimum Gasteiger partial charge on any atom is -0.374 e. The van der Waals surface area contributed by atoms with Crippen molar-refractivity contribution in [2.45, 2.75) is 31.2 Å². The maximum Gasteiger partial charge on any atom is 0.424 e. The number of alkyl halides is 3. The third-order valence-corrected chi connectivity index (χ3v) is 5.74. The molecule has 31 heavy (non-hydrogen) atoms. The Morgan fingerprint density at radius 2 is 1.71 bits per heavy atom. The Morgan fingerprint density at radius 3 is 2.16 bits per heavy atom. The predicted octanol–water partition coefficient (Wildman–Crippen LogP) is 2.45. The van der Waals surface area contributed by atoms with E-state index in [1.165, 1.54) is 0 Å². The quantitative estimate of drug-likeness (QED) is 0.537. The van der Waals surface area contributed by atoms with Crippen LogP contribution in [0.2, 0.25) is 0 Å². The molecule has 0 aliphatic heterocycles. The van der Waals surface area contributed by atoms with Crippen LogP contribution < -0.4 is 10.5 Å². The summed E-state index contributed by atoms with van der Waals surface area (Å²) in [4.78, 5) is 3.62. The van der Waals surface area contributed by atoms with Crippen LogP contribution in [0.1, 0.15) is 25.1 Å². The average molecular weight is 469 g/mol. The van der Waals surface area contributed by atoms with Gasteiger partial charge in [0.15, 0.2) is 5.82 Å². The van der Waals surface area contributed by atoms with Gasteiger partial charge in [0, 0.05) is 17.7 Å². The van der Waals surface area contributed by atoms with Crippen molar-refractivity contribution < 1.29 is 39.7 Å². The molecule has 0 saturated carbocycles. The number of hydrogen-bond acceptors (Lipinski definition) is 6. The molecule has 4 N–H and O–H groups in total. The summed E-state index contributed by atoms with van der Waals surface area (Å²) in [6.07, 6.45) is -5.29. The van der Waals surface area contributed by atoms with E-state index >= 15 is 4.39 Å². The van der Waals surface area contributed by atoms with Crippen molar-refractivity contribution in [2.75, 3.05) is 13.7 Å². The lowest BCUT2D eigenvalue weighted by atomic mass is 9.89. The number of pyridine rings is 1. The molecule has 2 aromatic rings. The van der Waals surface area contributed by atoms with E-state index in [4.69, 9.17) is 5.73 Å². The number of rotatable bonds is 7. The Balaban J connectivity index is 2.87. The number of nitrogens with one attached hydrogen (secondary N) is 1. The summed E-state index contributed by atoms with van der Waals surface area (Å²) < 4.78 is 99.3. The fraction of sp³-hybridized carbons (Fsp3) is 0.389. The third kappa shape index (κ3) is 5.01. The first-order valence-electron chi connectivity index (χ1n) is 8.64. The standard InChI is InChI=1S/C18H20F5N3O4S/c1-16(2,26-31(28,29)30-3)12-8-13(17(27,9-24)18(21,22)23)25-15(14(12)20)10-4-6-11(19)7-5-10/h4-8,26-27H,9,24H2,1-3H3/t17-/m0/s1. The first-order chi connectivity index (χ1) is 14.1. The van der Waals surface area contributed by atoms with E-state index in [9.17, 15) is 31.1 Å². The van der Waals surface area contributed by atoms with Gasteiger partial charge in [0.1, 0.15) is 11.5 Å². The van der Waals surface area contributed by atoms with E-state index in [0.717, 1.165) is 45.2 Å². The molecule has 172 valence electrons. The van der Waals surface area contributed by atoms with E-state index in [0.29, 0.717) is 6.07 Å². The Morgan fingerprint density at radius 1 is 1.16 bits per heavy atom. The number of benzene rings is 1. The third-order valence-electron chi connectivity index (χ3n) is 4.54. The SMILES string of the molecule is COS(=O)(=O)NC(C)(C)c1cc([C@@](O)(CN)C(F)(F)F)nc(-c2ccc(F)cc2)c1F. The van der Waals surface area contributed by atoms with Crippen LogP contribution in [0.3, 0.4) is 0 Å². The maximum atomic E-state index is 15.4. The van der Waals surface area contributed by atoms with Crippen LogP contribution in [0.15, 0.2) is 30.3 Å². The summed E-state index contributed by atoms with van der Waals surface area (Å²) in [5.74, 6) is -1.89. The molecule has 1 heterocycles. The lowest BCUT2D eigenvalue weighted by Crippen LogP contribution is -2.49. The number of nitrogens with two attached hydrogens (primary N) is 1. The highest BCUT2D eigenvalue weighted by Crippen LogP contribution is 2.40. The van der Waals surface area contributed by atoms with Gasteiger partial charge in [-0.25, -0.2) is 13.8 Å². The zero-order valence-electron chi connectivity index (χ0n) is 16.6. The molecule has 0 unspecified atom stereocenters. The van der Waals surface area contributed by atoms with Crippen LogP contribution in [-0.4, -0.2) is 38.3 Å². The molecular formula is C18H20F5N3O4S. The molecule has 13 heteroatoms. The van der Waals surface area contributed by atoms with E-state index < -0.39 is 62.8 Å². The number of aliphatic hydroxyl groups is 1. The molecule has 7 nitrogen and oxygen atoms in total. The summed E-state index contributed by atoms with van der Waals surface area (Å²) in [7, 11) is -3.58. The molecule has 0 spiro atoms. The van der Waals surface area contributed by atoms with Gasteiger partial charge in [-0.2, -0.15) is 26.3 Å². The van der Waals surface area contributed by atoms with Crippen LogP contribution in [0, 0.1) is 11.6 Å². The van der Waals surface area contributed by atoms with Crippen molar-refractivity contribution in [3.05, 3.63) is 53.2 Å². The van der Waals surface area contributed by atoms with Gasteiger partial charge in [0.2, 0.25) is 5.60 Å². The summed E-state index contributed by atoms with van der Waals surface area (Å²) in [5, 5.41) is 10.2. The number of hydrogen-bond donors (Lipinski definition) is 3. The summed E-state index contributed by atoms with van der Waals surface area (Å²) in [6, 6.07) is 4.56. The van der Waals surface area contributed by atoms with Crippen molar-refractivity contribution in [2.24, 2.45) is 5.73 Å². The number of nitrogens with zero attached hydrogens (tertiary/aromatic N) is 1. The summed E-state index contributed by atoms with van der Waals surface area (Å²) >= 11 is 0. The van der Waals surface area contributed by atoms with Crippen LogP contribution >= 0.6 is 0 Å². The molecule has 0 radical (unpaired) electrons. The van der Waals surface area contributed by atoms with Crippen LogP contribution in [0.4, 0.5) is 22.0 Å². The van der Waals surface area contributed by atoms with Gasteiger partial charge in [0.25, 0.3) is 0 Å². The predicted molar refractivity (Wildman–Crippen MR) is 101 cm³/mol. The van der Waals surface area contributed by atoms with Gasteiger partial charge >= 0.3 is 16.5 Å². The van der Waals surface area contributed by atoms with Gasteiger partial charge in [-0.3, -0.25) is 4.18 Å². The van der Waals surface area contributed by atoms with Crippen molar-refractivity contribution in [3.8, 4) is 11.3 Å². The van der Waals surface area contributed by atoms with Gasteiger partial charge in [0.05, 0.1) is 18.3 Å². The monoisotopic (exact) mass is 469 g/mol. The molecule has 0 fully saturated rings. The van der Waals surface area contributed by atoms with Crippen molar-refractivity contribution in [3.63, 3.8) is 0 Å². The molecular weight excluding hydrogens is 449 g/mol. The molecule has 0 amide bonds. The second kappa shape index (κ2) is 8.39. The molecule has 0 bridgehead atoms. The van der Waals surface area contributed by atoms with Crippen LogP contribution in [0.5, 0.6) is 0 Å². The van der Waals surface area contributed by atoms with Crippen LogP contribution in [-0.2, 0) is 25.6 Å². The zero-order valence-corrected chi connectivity index (χ0v) is 17.4. The van der Waals surface area contributed by atoms with E-state index in [1.807, 2.05) is 4.72 Å². The van der Waals surface area contributed by atoms with Crippen molar-refractivity contribution in [1.82, 2.24) is 9.71 Å². The summed E-state index contributed by atoms with van der Waals surface area (Å²) in [5.41, 5.74) is -2.80. The molecule has 0 aliphatic rings. The highest BCUT2D eigenvalue weighted by atomic mass is 32.2. The first-order valence-corrected chi connectivity index (χ1v) is 10.0. The minimum atomic E-state index is -5.29. The van der Waals surface area contributed by atoms with E-state index in [-0.39, 0.29) is 5.56 Å². The topological polar surface area (TPSA) is 115 Å². The fourth-order valence-electron chi connectivity index (χ4n) is 2.77. The highest BCUT2D eigenvalue weighted by molar-refractivity contribution is 7.84. The Kier molecular flexibility index (Phi) is 6.79. The lowest BCUT2D eigenvalue weighted by molar-refractivity contribution is -0.263. The Bertz CT molecular complexity index is 1060. The van der Waals surface area contributed by atoms with Gasteiger partial charge in [-0.15, -0.1) is 0 Å². The largest absolute Gasteiger partial charge is 0.424 e. The van der Waals surface area contributed by atoms with Crippen LogP contribution in [0.25, 0.3) is 11.3 Å². The first kappa shape index (κ1) is 25.1. The lowest BCUT2D eigenvalue weighted by Gasteiger charge is -2.32. The van der Waals surface area contributed by atoms with E-state index in [1.54, 1.807) is 0 Å². The highest BCUT2D eigenvalue weighted by Gasteiger charge is 2.56. The minimum absolute atomic E-state index is 0.117. The Labute approximate surface area is 175 Å². The zero-order chi connectivity index (χ0) is 23.8.